The standard InChI is InChI=1S/C16H23BrN4/c1-5-8-18-14(13-7-6-11(2)19-10-13)9-15-16(17)12(3)20-21(15)4/h6-7,10,14,18H,5,8-9H2,1-4H3. The minimum absolute atomic E-state index is 0.254. The molecule has 2 rings (SSSR count). The Bertz CT molecular complexity index is 589. The third-order valence-corrected chi connectivity index (χ3v) is 4.67. The molecule has 114 valence electrons. The fourth-order valence-electron chi connectivity index (χ4n) is 2.41. The third kappa shape index (κ3) is 3.92. The van der Waals surface area contributed by atoms with E-state index in [2.05, 4.69) is 50.4 Å². The summed E-state index contributed by atoms with van der Waals surface area (Å²) in [6, 6.07) is 4.48. The predicted octanol–water partition coefficient (Wildman–Crippen LogP) is 3.48. The van der Waals surface area contributed by atoms with Gasteiger partial charge < -0.3 is 5.32 Å². The molecule has 4 nitrogen and oxygen atoms in total. The van der Waals surface area contributed by atoms with Gasteiger partial charge in [0.25, 0.3) is 0 Å². The third-order valence-electron chi connectivity index (χ3n) is 3.64. The Kier molecular flexibility index (Phi) is 5.53. The van der Waals surface area contributed by atoms with Gasteiger partial charge >= 0.3 is 0 Å². The van der Waals surface area contributed by atoms with Crippen LogP contribution >= 0.6 is 15.9 Å². The van der Waals surface area contributed by atoms with E-state index < -0.39 is 0 Å². The van der Waals surface area contributed by atoms with Gasteiger partial charge in [0, 0.05) is 31.4 Å². The van der Waals surface area contributed by atoms with Crippen LogP contribution in [0.1, 0.15) is 42.0 Å². The summed E-state index contributed by atoms with van der Waals surface area (Å²) in [7, 11) is 2.00. The van der Waals surface area contributed by atoms with Crippen molar-refractivity contribution in [3.8, 4) is 0 Å². The molecule has 0 aliphatic carbocycles. The van der Waals surface area contributed by atoms with Crippen LogP contribution in [-0.2, 0) is 13.5 Å². The first-order chi connectivity index (χ1) is 10.0. The summed E-state index contributed by atoms with van der Waals surface area (Å²) in [5, 5.41) is 8.09. The van der Waals surface area contributed by atoms with E-state index >= 15 is 0 Å². The zero-order valence-corrected chi connectivity index (χ0v) is 14.7. The van der Waals surface area contributed by atoms with Crippen molar-refractivity contribution < 1.29 is 0 Å². The van der Waals surface area contributed by atoms with Crippen LogP contribution in [0.25, 0.3) is 0 Å². The first-order valence-corrected chi connectivity index (χ1v) is 8.16. The summed E-state index contributed by atoms with van der Waals surface area (Å²) < 4.78 is 3.06. The van der Waals surface area contributed by atoms with E-state index in [1.807, 2.05) is 31.8 Å². The van der Waals surface area contributed by atoms with Gasteiger partial charge in [0.15, 0.2) is 0 Å². The maximum atomic E-state index is 4.48. The Morgan fingerprint density at radius 2 is 2.10 bits per heavy atom. The molecule has 0 fully saturated rings. The first-order valence-electron chi connectivity index (χ1n) is 7.36. The Hall–Kier alpha value is -1.20. The number of nitrogens with one attached hydrogen (secondary N) is 1. The van der Waals surface area contributed by atoms with Crippen molar-refractivity contribution >= 4 is 15.9 Å². The lowest BCUT2D eigenvalue weighted by Crippen LogP contribution is -2.25. The average molecular weight is 351 g/mol. The fraction of sp³-hybridized carbons (Fsp3) is 0.500. The summed E-state index contributed by atoms with van der Waals surface area (Å²) in [6.07, 6.45) is 3.98. The second-order valence-corrected chi connectivity index (χ2v) is 6.21. The van der Waals surface area contributed by atoms with E-state index in [4.69, 9.17) is 0 Å². The summed E-state index contributed by atoms with van der Waals surface area (Å²) in [6.45, 7) is 7.21. The van der Waals surface area contributed by atoms with Gasteiger partial charge in [-0.05, 0) is 54.4 Å². The predicted molar refractivity (Wildman–Crippen MR) is 89.4 cm³/mol. The molecule has 0 saturated carbocycles. The highest BCUT2D eigenvalue weighted by Crippen LogP contribution is 2.26. The number of nitrogens with zero attached hydrogens (tertiary/aromatic N) is 3. The van der Waals surface area contributed by atoms with Crippen molar-refractivity contribution in [3.05, 3.63) is 45.4 Å². The van der Waals surface area contributed by atoms with E-state index in [-0.39, 0.29) is 6.04 Å². The van der Waals surface area contributed by atoms with Crippen LogP contribution in [-0.4, -0.2) is 21.3 Å². The average Bonchev–Trinajstić information content (AvgIpc) is 2.70. The molecule has 0 saturated heterocycles. The molecule has 1 N–H and O–H groups in total. The molecular weight excluding hydrogens is 328 g/mol. The van der Waals surface area contributed by atoms with Crippen LogP contribution in [0.15, 0.2) is 22.8 Å². The van der Waals surface area contributed by atoms with E-state index in [0.717, 1.165) is 35.2 Å². The van der Waals surface area contributed by atoms with Gasteiger partial charge in [-0.15, -0.1) is 0 Å². The van der Waals surface area contributed by atoms with Crippen molar-refractivity contribution in [2.45, 2.75) is 39.7 Å². The van der Waals surface area contributed by atoms with E-state index in [0.29, 0.717) is 0 Å². The summed E-state index contributed by atoms with van der Waals surface area (Å²) in [5.41, 5.74) is 4.51. The highest BCUT2D eigenvalue weighted by atomic mass is 79.9. The van der Waals surface area contributed by atoms with E-state index in [1.54, 1.807) is 0 Å². The normalized spacial score (nSPS) is 12.6. The number of halogens is 1. The molecule has 2 aromatic heterocycles. The number of rotatable bonds is 6. The molecule has 2 heterocycles. The van der Waals surface area contributed by atoms with Gasteiger partial charge in [0.2, 0.25) is 0 Å². The molecule has 0 aliphatic heterocycles. The minimum atomic E-state index is 0.254. The largest absolute Gasteiger partial charge is 0.310 e. The van der Waals surface area contributed by atoms with Gasteiger partial charge in [-0.1, -0.05) is 13.0 Å². The highest BCUT2D eigenvalue weighted by molar-refractivity contribution is 9.10. The van der Waals surface area contributed by atoms with Gasteiger partial charge in [0.05, 0.1) is 15.9 Å². The lowest BCUT2D eigenvalue weighted by atomic mass is 10.0. The highest BCUT2D eigenvalue weighted by Gasteiger charge is 2.18. The summed E-state index contributed by atoms with van der Waals surface area (Å²) in [5.74, 6) is 0. The molecule has 2 aromatic rings. The van der Waals surface area contributed by atoms with E-state index in [1.165, 1.54) is 11.3 Å². The molecule has 0 aromatic carbocycles. The van der Waals surface area contributed by atoms with Crippen molar-refractivity contribution in [1.29, 1.82) is 0 Å². The Labute approximate surface area is 135 Å². The lowest BCUT2D eigenvalue weighted by Gasteiger charge is -2.19. The van der Waals surface area contributed by atoms with Crippen LogP contribution in [0.2, 0.25) is 0 Å². The Morgan fingerprint density at radius 3 is 2.62 bits per heavy atom. The molecule has 0 bridgehead atoms. The SMILES string of the molecule is CCCNC(Cc1c(Br)c(C)nn1C)c1ccc(C)nc1. The molecule has 0 amide bonds. The molecule has 1 atom stereocenters. The van der Waals surface area contributed by atoms with Crippen LogP contribution in [0.4, 0.5) is 0 Å². The van der Waals surface area contributed by atoms with Crippen molar-refractivity contribution in [1.82, 2.24) is 20.1 Å². The molecule has 0 spiro atoms. The zero-order valence-electron chi connectivity index (χ0n) is 13.2. The smallest absolute Gasteiger partial charge is 0.0738 e. The Balaban J connectivity index is 2.25. The molecule has 0 aliphatic rings. The van der Waals surface area contributed by atoms with Crippen LogP contribution in [0.3, 0.4) is 0 Å². The monoisotopic (exact) mass is 350 g/mol. The van der Waals surface area contributed by atoms with Gasteiger partial charge in [-0.25, -0.2) is 0 Å². The first kappa shape index (κ1) is 16.2. The van der Waals surface area contributed by atoms with Gasteiger partial charge in [0.1, 0.15) is 0 Å². The molecule has 5 heteroatoms. The maximum absolute atomic E-state index is 4.48. The second kappa shape index (κ2) is 7.18. The zero-order chi connectivity index (χ0) is 15.4. The quantitative estimate of drug-likeness (QED) is 0.867. The number of aryl methyl sites for hydroxylation is 3. The maximum Gasteiger partial charge on any atom is 0.0738 e. The summed E-state index contributed by atoms with van der Waals surface area (Å²) >= 11 is 3.66. The van der Waals surface area contributed by atoms with E-state index in [9.17, 15) is 0 Å². The van der Waals surface area contributed by atoms with Crippen LogP contribution in [0, 0.1) is 13.8 Å². The van der Waals surface area contributed by atoms with Gasteiger partial charge in [-0.3, -0.25) is 9.67 Å². The lowest BCUT2D eigenvalue weighted by molar-refractivity contribution is 0.510. The fourth-order valence-corrected chi connectivity index (χ4v) is 2.90. The molecule has 21 heavy (non-hydrogen) atoms. The van der Waals surface area contributed by atoms with Gasteiger partial charge in [-0.2, -0.15) is 5.10 Å². The topological polar surface area (TPSA) is 42.7 Å². The minimum Gasteiger partial charge on any atom is -0.310 e. The second-order valence-electron chi connectivity index (χ2n) is 5.41. The molecule has 1 unspecified atom stereocenters. The van der Waals surface area contributed by atoms with Crippen LogP contribution in [0.5, 0.6) is 0 Å². The Morgan fingerprint density at radius 1 is 1.33 bits per heavy atom. The number of hydrogen-bond acceptors (Lipinski definition) is 3. The van der Waals surface area contributed by atoms with Crippen molar-refractivity contribution in [2.24, 2.45) is 7.05 Å². The van der Waals surface area contributed by atoms with Crippen molar-refractivity contribution in [2.75, 3.05) is 6.54 Å². The van der Waals surface area contributed by atoms with Crippen LogP contribution < -0.4 is 5.32 Å². The van der Waals surface area contributed by atoms with Crippen molar-refractivity contribution in [3.63, 3.8) is 0 Å². The number of hydrogen-bond donors (Lipinski definition) is 1. The molecular formula is C16H23BrN4. The summed E-state index contributed by atoms with van der Waals surface area (Å²) in [4.78, 5) is 4.43. The molecule has 0 radical (unpaired) electrons. The number of aromatic nitrogens is 3. The number of pyridine rings is 1.